The molecule has 1 aromatic rings. The van der Waals surface area contributed by atoms with Gasteiger partial charge < -0.3 is 5.32 Å². The molecular weight excluding hydrogens is 210 g/mol. The maximum absolute atomic E-state index is 4.58. The lowest BCUT2D eigenvalue weighted by Crippen LogP contribution is -2.46. The summed E-state index contributed by atoms with van der Waals surface area (Å²) >= 11 is 0. The van der Waals surface area contributed by atoms with E-state index in [0.29, 0.717) is 12.1 Å². The number of hydrogen-bond acceptors (Lipinski definition) is 3. The van der Waals surface area contributed by atoms with E-state index in [2.05, 4.69) is 54.3 Å². The van der Waals surface area contributed by atoms with Gasteiger partial charge in [-0.2, -0.15) is 0 Å². The first-order chi connectivity index (χ1) is 8.19. The van der Waals surface area contributed by atoms with Gasteiger partial charge in [-0.15, -0.1) is 0 Å². The zero-order valence-corrected chi connectivity index (χ0v) is 11.1. The highest BCUT2D eigenvalue weighted by molar-refractivity contribution is 5.10. The van der Waals surface area contributed by atoms with Crippen molar-refractivity contribution in [3.63, 3.8) is 0 Å². The first kappa shape index (κ1) is 12.5. The van der Waals surface area contributed by atoms with E-state index in [1.54, 1.807) is 0 Å². The molecule has 1 N–H and O–H groups in total. The number of aromatic nitrogens is 1. The minimum Gasteiger partial charge on any atom is -0.317 e. The van der Waals surface area contributed by atoms with E-state index in [1.807, 2.05) is 0 Å². The van der Waals surface area contributed by atoms with Crippen molar-refractivity contribution >= 4 is 0 Å². The van der Waals surface area contributed by atoms with Gasteiger partial charge in [-0.25, -0.2) is 0 Å². The van der Waals surface area contributed by atoms with Crippen LogP contribution >= 0.6 is 0 Å². The van der Waals surface area contributed by atoms with Crippen molar-refractivity contribution in [1.29, 1.82) is 0 Å². The fraction of sp³-hybridized carbons (Fsp3) is 0.643. The summed E-state index contributed by atoms with van der Waals surface area (Å²) in [4.78, 5) is 7.12. The molecule has 1 aliphatic heterocycles. The minimum atomic E-state index is 0.642. The third-order valence-electron chi connectivity index (χ3n) is 3.73. The molecule has 1 fully saturated rings. The predicted octanol–water partition coefficient (Wildman–Crippen LogP) is 1.96. The van der Waals surface area contributed by atoms with Crippen LogP contribution in [0.25, 0.3) is 0 Å². The molecule has 17 heavy (non-hydrogen) atoms. The molecule has 0 saturated carbocycles. The molecule has 2 unspecified atom stereocenters. The second-order valence-corrected chi connectivity index (χ2v) is 5.10. The van der Waals surface area contributed by atoms with Crippen LogP contribution in [0.15, 0.2) is 18.2 Å². The van der Waals surface area contributed by atoms with Crippen LogP contribution in [0.1, 0.15) is 31.2 Å². The van der Waals surface area contributed by atoms with Crippen molar-refractivity contribution in [2.75, 3.05) is 13.6 Å². The normalized spacial score (nSPS) is 26.1. The standard InChI is InChI=1S/C14H23N3/c1-11-5-4-6-14(16-11)10-17-8-7-13(15-3)9-12(17)2/h4-6,12-13,15H,7-10H2,1-3H3. The highest BCUT2D eigenvalue weighted by Gasteiger charge is 2.24. The molecule has 0 aromatic carbocycles. The summed E-state index contributed by atoms with van der Waals surface area (Å²) in [5, 5.41) is 3.39. The Labute approximate surface area is 104 Å². The maximum Gasteiger partial charge on any atom is 0.0547 e. The van der Waals surface area contributed by atoms with Gasteiger partial charge in [0.05, 0.1) is 5.69 Å². The summed E-state index contributed by atoms with van der Waals surface area (Å²) in [5.74, 6) is 0. The van der Waals surface area contributed by atoms with E-state index in [9.17, 15) is 0 Å². The highest BCUT2D eigenvalue weighted by Crippen LogP contribution is 2.19. The zero-order valence-electron chi connectivity index (χ0n) is 11.1. The summed E-state index contributed by atoms with van der Waals surface area (Å²) in [6.07, 6.45) is 2.48. The average molecular weight is 233 g/mol. The molecule has 0 bridgehead atoms. The van der Waals surface area contributed by atoms with Gasteiger partial charge in [-0.3, -0.25) is 9.88 Å². The Kier molecular flexibility index (Phi) is 4.13. The Balaban J connectivity index is 1.95. The fourth-order valence-electron chi connectivity index (χ4n) is 2.61. The van der Waals surface area contributed by atoms with Crippen LogP contribution in [0.2, 0.25) is 0 Å². The quantitative estimate of drug-likeness (QED) is 0.865. The molecule has 2 rings (SSSR count). The molecule has 3 nitrogen and oxygen atoms in total. The van der Waals surface area contributed by atoms with Gasteiger partial charge in [0.15, 0.2) is 0 Å². The third kappa shape index (κ3) is 3.27. The van der Waals surface area contributed by atoms with E-state index in [1.165, 1.54) is 25.1 Å². The first-order valence-corrected chi connectivity index (χ1v) is 6.53. The first-order valence-electron chi connectivity index (χ1n) is 6.53. The lowest BCUT2D eigenvalue weighted by atomic mass is 9.98. The largest absolute Gasteiger partial charge is 0.317 e. The van der Waals surface area contributed by atoms with Crippen LogP contribution in [-0.2, 0) is 6.54 Å². The lowest BCUT2D eigenvalue weighted by Gasteiger charge is -2.37. The second kappa shape index (κ2) is 5.61. The van der Waals surface area contributed by atoms with Gasteiger partial charge in [-0.05, 0) is 45.9 Å². The summed E-state index contributed by atoms with van der Waals surface area (Å²) in [6.45, 7) is 6.53. The van der Waals surface area contributed by atoms with Crippen LogP contribution in [0.4, 0.5) is 0 Å². The molecule has 2 atom stereocenters. The van der Waals surface area contributed by atoms with Gasteiger partial charge in [-0.1, -0.05) is 6.07 Å². The third-order valence-corrected chi connectivity index (χ3v) is 3.73. The molecule has 1 aromatic heterocycles. The number of nitrogens with zero attached hydrogens (tertiary/aromatic N) is 2. The Morgan fingerprint density at radius 2 is 2.29 bits per heavy atom. The summed E-state index contributed by atoms with van der Waals surface area (Å²) in [7, 11) is 2.06. The Morgan fingerprint density at radius 1 is 1.47 bits per heavy atom. The number of piperidine rings is 1. The Morgan fingerprint density at radius 3 is 2.94 bits per heavy atom. The molecule has 0 amide bonds. The Hall–Kier alpha value is -0.930. The molecule has 3 heteroatoms. The SMILES string of the molecule is CNC1CCN(Cc2cccc(C)n2)C(C)C1. The maximum atomic E-state index is 4.58. The van der Waals surface area contributed by atoms with Gasteiger partial charge in [0.25, 0.3) is 0 Å². The van der Waals surface area contributed by atoms with Crippen molar-refractivity contribution in [3.05, 3.63) is 29.6 Å². The smallest absolute Gasteiger partial charge is 0.0547 e. The van der Waals surface area contributed by atoms with E-state index >= 15 is 0 Å². The highest BCUT2D eigenvalue weighted by atomic mass is 15.2. The van der Waals surface area contributed by atoms with Crippen LogP contribution in [0.5, 0.6) is 0 Å². The van der Waals surface area contributed by atoms with E-state index < -0.39 is 0 Å². The van der Waals surface area contributed by atoms with Crippen LogP contribution in [0.3, 0.4) is 0 Å². The van der Waals surface area contributed by atoms with Gasteiger partial charge in [0.1, 0.15) is 0 Å². The molecule has 2 heterocycles. The van der Waals surface area contributed by atoms with Crippen molar-refractivity contribution in [1.82, 2.24) is 15.2 Å². The molecule has 0 radical (unpaired) electrons. The number of nitrogens with one attached hydrogen (secondary N) is 1. The molecule has 1 saturated heterocycles. The van der Waals surface area contributed by atoms with Gasteiger partial charge in [0, 0.05) is 30.9 Å². The van der Waals surface area contributed by atoms with Crippen molar-refractivity contribution in [2.24, 2.45) is 0 Å². The monoisotopic (exact) mass is 233 g/mol. The van der Waals surface area contributed by atoms with Crippen molar-refractivity contribution in [3.8, 4) is 0 Å². The zero-order chi connectivity index (χ0) is 12.3. The number of rotatable bonds is 3. The van der Waals surface area contributed by atoms with E-state index in [4.69, 9.17) is 0 Å². The van der Waals surface area contributed by atoms with Crippen LogP contribution in [0, 0.1) is 6.92 Å². The predicted molar refractivity (Wildman–Crippen MR) is 70.9 cm³/mol. The number of pyridine rings is 1. The molecule has 0 spiro atoms. The molecule has 0 aliphatic carbocycles. The van der Waals surface area contributed by atoms with Crippen LogP contribution < -0.4 is 5.32 Å². The molecule has 94 valence electrons. The average Bonchev–Trinajstić information content (AvgIpc) is 2.32. The summed E-state index contributed by atoms with van der Waals surface area (Å²) < 4.78 is 0. The van der Waals surface area contributed by atoms with Gasteiger partial charge >= 0.3 is 0 Å². The van der Waals surface area contributed by atoms with E-state index in [-0.39, 0.29) is 0 Å². The topological polar surface area (TPSA) is 28.2 Å². The van der Waals surface area contributed by atoms with Gasteiger partial charge in [0.2, 0.25) is 0 Å². The van der Waals surface area contributed by atoms with E-state index in [0.717, 1.165) is 12.2 Å². The minimum absolute atomic E-state index is 0.642. The van der Waals surface area contributed by atoms with Crippen molar-refractivity contribution < 1.29 is 0 Å². The number of aryl methyl sites for hydroxylation is 1. The second-order valence-electron chi connectivity index (χ2n) is 5.10. The number of hydrogen-bond donors (Lipinski definition) is 1. The summed E-state index contributed by atoms with van der Waals surface area (Å²) in [5.41, 5.74) is 2.31. The van der Waals surface area contributed by atoms with Crippen molar-refractivity contribution in [2.45, 2.75) is 45.3 Å². The molecule has 1 aliphatic rings. The Bertz CT molecular complexity index is 364. The lowest BCUT2D eigenvalue weighted by molar-refractivity contribution is 0.130. The summed E-state index contributed by atoms with van der Waals surface area (Å²) in [6, 6.07) is 7.61. The molecular formula is C14H23N3. The number of likely N-dealkylation sites (tertiary alicyclic amines) is 1. The fourth-order valence-corrected chi connectivity index (χ4v) is 2.61. The van der Waals surface area contributed by atoms with Crippen LogP contribution in [-0.4, -0.2) is 35.6 Å².